The van der Waals surface area contributed by atoms with E-state index in [2.05, 4.69) is 15.3 Å². The van der Waals surface area contributed by atoms with Gasteiger partial charge >= 0.3 is 0 Å². The van der Waals surface area contributed by atoms with Gasteiger partial charge in [-0.05, 0) is 24.4 Å². The first-order valence-corrected chi connectivity index (χ1v) is 6.83. The molecule has 1 aromatic heterocycles. The molecule has 0 spiro atoms. The molecule has 2 aromatic rings. The second kappa shape index (κ2) is 5.69. The van der Waals surface area contributed by atoms with Crippen molar-refractivity contribution in [2.24, 2.45) is 5.10 Å². The van der Waals surface area contributed by atoms with Crippen molar-refractivity contribution >= 4 is 18.4 Å². The number of aromatic nitrogens is 3. The summed E-state index contributed by atoms with van der Waals surface area (Å²) in [6.07, 6.45) is 1.53. The molecule has 0 saturated heterocycles. The van der Waals surface area contributed by atoms with E-state index in [0.29, 0.717) is 21.9 Å². The van der Waals surface area contributed by atoms with Crippen molar-refractivity contribution in [2.75, 3.05) is 7.11 Å². The lowest BCUT2D eigenvalue weighted by Gasteiger charge is -2.15. The highest BCUT2D eigenvalue weighted by atomic mass is 32.1. The number of rotatable bonds is 3. The quantitative estimate of drug-likeness (QED) is 0.675. The Bertz CT molecular complexity index is 725. The summed E-state index contributed by atoms with van der Waals surface area (Å²) in [5.74, 6) is 1.15. The number of H-pyrrole nitrogens is 1. The molecular weight excluding hydrogens is 288 g/mol. The zero-order valence-electron chi connectivity index (χ0n) is 12.4. The van der Waals surface area contributed by atoms with Gasteiger partial charge in [-0.2, -0.15) is 14.9 Å². The SMILES string of the molecule is COc1cccc(/C=N/n2c(C(C)(C)C)n[nH]c2=S)c1O. The Labute approximate surface area is 128 Å². The minimum absolute atomic E-state index is 0.0380. The number of aromatic amines is 1. The third-order valence-corrected chi connectivity index (χ3v) is 3.15. The van der Waals surface area contributed by atoms with Crippen LogP contribution in [0.1, 0.15) is 32.2 Å². The molecule has 0 radical (unpaired) electrons. The predicted octanol–water partition coefficient (Wildman–Crippen LogP) is 2.83. The molecule has 0 aliphatic rings. The van der Waals surface area contributed by atoms with Crippen LogP contribution >= 0.6 is 12.2 Å². The van der Waals surface area contributed by atoms with Gasteiger partial charge in [0.25, 0.3) is 0 Å². The van der Waals surface area contributed by atoms with Gasteiger partial charge in [0.05, 0.1) is 13.3 Å². The first kappa shape index (κ1) is 15.2. The van der Waals surface area contributed by atoms with Crippen LogP contribution in [-0.2, 0) is 5.41 Å². The van der Waals surface area contributed by atoms with Crippen LogP contribution in [0.15, 0.2) is 23.3 Å². The molecule has 0 saturated carbocycles. The minimum Gasteiger partial charge on any atom is -0.504 e. The number of nitrogens with zero attached hydrogens (tertiary/aromatic N) is 3. The Morgan fingerprint density at radius 3 is 2.76 bits per heavy atom. The van der Waals surface area contributed by atoms with Gasteiger partial charge in [-0.15, -0.1) is 0 Å². The number of ether oxygens (including phenoxy) is 1. The lowest BCUT2D eigenvalue weighted by Crippen LogP contribution is -2.17. The summed E-state index contributed by atoms with van der Waals surface area (Å²) in [6.45, 7) is 6.06. The average molecular weight is 306 g/mol. The summed E-state index contributed by atoms with van der Waals surface area (Å²) in [6, 6.07) is 5.19. The summed E-state index contributed by atoms with van der Waals surface area (Å²) in [4.78, 5) is 0. The number of aromatic hydroxyl groups is 1. The van der Waals surface area contributed by atoms with Gasteiger partial charge < -0.3 is 9.84 Å². The Kier molecular flexibility index (Phi) is 4.13. The molecule has 0 bridgehead atoms. The zero-order chi connectivity index (χ0) is 15.6. The number of methoxy groups -OCH3 is 1. The highest BCUT2D eigenvalue weighted by molar-refractivity contribution is 7.71. The smallest absolute Gasteiger partial charge is 0.216 e. The molecule has 1 heterocycles. The minimum atomic E-state index is -0.207. The Hall–Kier alpha value is -2.15. The molecular formula is C14H18N4O2S. The van der Waals surface area contributed by atoms with Crippen LogP contribution in [0.3, 0.4) is 0 Å². The van der Waals surface area contributed by atoms with Crippen LogP contribution in [0.5, 0.6) is 11.5 Å². The first-order valence-electron chi connectivity index (χ1n) is 6.43. The molecule has 2 N–H and O–H groups in total. The lowest BCUT2D eigenvalue weighted by molar-refractivity contribution is 0.373. The monoisotopic (exact) mass is 306 g/mol. The molecule has 0 unspecified atom stereocenters. The molecule has 0 aliphatic heterocycles. The topological polar surface area (TPSA) is 75.4 Å². The number of phenols is 1. The van der Waals surface area contributed by atoms with E-state index in [-0.39, 0.29) is 11.2 Å². The Morgan fingerprint density at radius 2 is 2.14 bits per heavy atom. The van der Waals surface area contributed by atoms with E-state index < -0.39 is 0 Å². The average Bonchev–Trinajstić information content (AvgIpc) is 2.79. The maximum Gasteiger partial charge on any atom is 0.216 e. The normalized spacial score (nSPS) is 12.0. The standard InChI is InChI=1S/C14H18N4O2S/c1-14(2,3)12-16-17-13(21)18(12)15-8-9-6-5-7-10(20-4)11(9)19/h5-8,19H,1-4H3,(H,17,21)/b15-8+. The maximum atomic E-state index is 10.0. The highest BCUT2D eigenvalue weighted by Gasteiger charge is 2.21. The van der Waals surface area contributed by atoms with Crippen LogP contribution in [-0.4, -0.2) is 33.3 Å². The Balaban J connectivity index is 2.44. The summed E-state index contributed by atoms with van der Waals surface area (Å²) >= 11 is 5.18. The van der Waals surface area contributed by atoms with Crippen LogP contribution in [0.4, 0.5) is 0 Å². The molecule has 0 fully saturated rings. The fourth-order valence-corrected chi connectivity index (χ4v) is 1.99. The van der Waals surface area contributed by atoms with Crippen molar-refractivity contribution in [1.82, 2.24) is 14.9 Å². The van der Waals surface area contributed by atoms with Crippen molar-refractivity contribution in [3.05, 3.63) is 34.4 Å². The van der Waals surface area contributed by atoms with E-state index in [1.807, 2.05) is 20.8 Å². The van der Waals surface area contributed by atoms with Gasteiger partial charge in [-0.25, -0.2) is 0 Å². The van der Waals surface area contributed by atoms with E-state index in [4.69, 9.17) is 17.0 Å². The molecule has 0 amide bonds. The number of hydrogen-bond acceptors (Lipinski definition) is 5. The first-order chi connectivity index (χ1) is 9.84. The second-order valence-electron chi connectivity index (χ2n) is 5.56. The van der Waals surface area contributed by atoms with Gasteiger partial charge in [-0.1, -0.05) is 26.8 Å². The molecule has 0 atom stereocenters. The van der Waals surface area contributed by atoms with E-state index in [1.54, 1.807) is 22.9 Å². The predicted molar refractivity (Wildman–Crippen MR) is 83.8 cm³/mol. The molecule has 112 valence electrons. The van der Waals surface area contributed by atoms with Gasteiger partial charge in [0.2, 0.25) is 4.77 Å². The third kappa shape index (κ3) is 3.13. The summed E-state index contributed by atoms with van der Waals surface area (Å²) in [5.41, 5.74) is 0.332. The highest BCUT2D eigenvalue weighted by Crippen LogP contribution is 2.28. The van der Waals surface area contributed by atoms with Gasteiger partial charge in [0, 0.05) is 11.0 Å². The number of nitrogens with one attached hydrogen (secondary N) is 1. The van der Waals surface area contributed by atoms with Crippen LogP contribution in [0, 0.1) is 4.77 Å². The second-order valence-corrected chi connectivity index (χ2v) is 5.94. The molecule has 0 aliphatic carbocycles. The van der Waals surface area contributed by atoms with Crippen molar-refractivity contribution in [1.29, 1.82) is 0 Å². The van der Waals surface area contributed by atoms with Crippen molar-refractivity contribution < 1.29 is 9.84 Å². The number of hydrogen-bond donors (Lipinski definition) is 2. The molecule has 7 heteroatoms. The van der Waals surface area contributed by atoms with Crippen molar-refractivity contribution in [3.8, 4) is 11.5 Å². The third-order valence-electron chi connectivity index (χ3n) is 2.88. The van der Waals surface area contributed by atoms with E-state index in [9.17, 15) is 5.11 Å². The van der Waals surface area contributed by atoms with Crippen molar-refractivity contribution in [3.63, 3.8) is 0 Å². The van der Waals surface area contributed by atoms with E-state index in [0.717, 1.165) is 0 Å². The van der Waals surface area contributed by atoms with Gasteiger partial charge in [0.15, 0.2) is 17.3 Å². The Morgan fingerprint density at radius 1 is 1.43 bits per heavy atom. The fourth-order valence-electron chi connectivity index (χ4n) is 1.81. The fraction of sp³-hybridized carbons (Fsp3) is 0.357. The number of para-hydroxylation sites is 1. The molecule has 1 aromatic carbocycles. The summed E-state index contributed by atoms with van der Waals surface area (Å²) in [7, 11) is 1.50. The van der Waals surface area contributed by atoms with Crippen LogP contribution in [0.25, 0.3) is 0 Å². The van der Waals surface area contributed by atoms with Crippen LogP contribution < -0.4 is 4.74 Å². The van der Waals surface area contributed by atoms with Gasteiger partial charge in [-0.3, -0.25) is 5.10 Å². The number of phenolic OH excluding ortho intramolecular Hbond substituents is 1. The summed E-state index contributed by atoms with van der Waals surface area (Å²) < 4.78 is 7.02. The molecule has 21 heavy (non-hydrogen) atoms. The largest absolute Gasteiger partial charge is 0.504 e. The van der Waals surface area contributed by atoms with Crippen LogP contribution in [0.2, 0.25) is 0 Å². The number of benzene rings is 1. The van der Waals surface area contributed by atoms with E-state index in [1.165, 1.54) is 13.3 Å². The van der Waals surface area contributed by atoms with Gasteiger partial charge in [0.1, 0.15) is 0 Å². The zero-order valence-corrected chi connectivity index (χ0v) is 13.2. The molecule has 6 nitrogen and oxygen atoms in total. The maximum absolute atomic E-state index is 10.0. The van der Waals surface area contributed by atoms with E-state index >= 15 is 0 Å². The summed E-state index contributed by atoms with van der Waals surface area (Å²) in [5, 5.41) is 21.3. The lowest BCUT2D eigenvalue weighted by atomic mass is 9.96. The van der Waals surface area contributed by atoms with Crippen molar-refractivity contribution in [2.45, 2.75) is 26.2 Å². The molecule has 2 rings (SSSR count).